The van der Waals surface area contributed by atoms with E-state index in [2.05, 4.69) is 15.9 Å². The molecule has 25 heavy (non-hydrogen) atoms. The predicted molar refractivity (Wildman–Crippen MR) is 99.6 cm³/mol. The van der Waals surface area contributed by atoms with Gasteiger partial charge in [0.25, 0.3) is 0 Å². The number of anilines is 1. The number of rotatable bonds is 7. The van der Waals surface area contributed by atoms with E-state index in [0.29, 0.717) is 13.2 Å². The highest BCUT2D eigenvalue weighted by atomic mass is 16.5. The van der Waals surface area contributed by atoms with Crippen molar-refractivity contribution in [2.75, 3.05) is 51.3 Å². The van der Waals surface area contributed by atoms with Gasteiger partial charge in [-0.2, -0.15) is 0 Å². The van der Waals surface area contributed by atoms with Crippen LogP contribution in [0.25, 0.3) is 0 Å². The summed E-state index contributed by atoms with van der Waals surface area (Å²) in [5.41, 5.74) is 1.14. The van der Waals surface area contributed by atoms with Crippen LogP contribution in [0.5, 0.6) is 11.5 Å². The van der Waals surface area contributed by atoms with E-state index in [9.17, 15) is 5.11 Å². The number of piperazine rings is 1. The maximum Gasteiger partial charge on any atom is 0.142 e. The van der Waals surface area contributed by atoms with E-state index >= 15 is 0 Å². The highest BCUT2D eigenvalue weighted by Gasteiger charge is 2.21. The van der Waals surface area contributed by atoms with Gasteiger partial charge in [0, 0.05) is 32.7 Å². The third-order valence-corrected chi connectivity index (χ3v) is 4.45. The molecule has 0 radical (unpaired) electrons. The van der Waals surface area contributed by atoms with Crippen molar-refractivity contribution in [1.29, 1.82) is 0 Å². The zero-order chi connectivity index (χ0) is 17.5. The SMILES string of the molecule is COc1ccccc1N1CCN(CC(O)COc2ccccc2)CC1. The molecule has 0 spiro atoms. The molecule has 5 nitrogen and oxygen atoms in total. The Labute approximate surface area is 149 Å². The summed E-state index contributed by atoms with van der Waals surface area (Å²) in [5, 5.41) is 10.2. The van der Waals surface area contributed by atoms with Gasteiger partial charge in [-0.05, 0) is 24.3 Å². The molecule has 1 aliphatic rings. The summed E-state index contributed by atoms with van der Waals surface area (Å²) in [6.45, 7) is 4.63. The van der Waals surface area contributed by atoms with Gasteiger partial charge in [0.05, 0.1) is 12.8 Å². The summed E-state index contributed by atoms with van der Waals surface area (Å²) in [5.74, 6) is 1.70. The van der Waals surface area contributed by atoms with Gasteiger partial charge in [-0.3, -0.25) is 4.90 Å². The molecule has 2 aromatic carbocycles. The zero-order valence-corrected chi connectivity index (χ0v) is 14.7. The molecule has 5 heteroatoms. The fraction of sp³-hybridized carbons (Fsp3) is 0.400. The van der Waals surface area contributed by atoms with Crippen molar-refractivity contribution in [2.24, 2.45) is 0 Å². The van der Waals surface area contributed by atoms with Crippen molar-refractivity contribution in [3.05, 3.63) is 54.6 Å². The lowest BCUT2D eigenvalue weighted by atomic mass is 10.2. The first-order valence-corrected chi connectivity index (χ1v) is 8.72. The Kier molecular flexibility index (Phi) is 6.14. The summed E-state index contributed by atoms with van der Waals surface area (Å²) in [4.78, 5) is 4.62. The van der Waals surface area contributed by atoms with Gasteiger partial charge in [0.2, 0.25) is 0 Å². The van der Waals surface area contributed by atoms with Gasteiger partial charge in [-0.1, -0.05) is 30.3 Å². The van der Waals surface area contributed by atoms with E-state index in [1.807, 2.05) is 48.5 Å². The minimum Gasteiger partial charge on any atom is -0.495 e. The fourth-order valence-electron chi connectivity index (χ4n) is 3.12. The molecule has 2 aromatic rings. The van der Waals surface area contributed by atoms with Crippen LogP contribution in [0.4, 0.5) is 5.69 Å². The molecule has 134 valence electrons. The number of ether oxygens (including phenoxy) is 2. The second-order valence-corrected chi connectivity index (χ2v) is 6.24. The molecule has 1 saturated heterocycles. The van der Waals surface area contributed by atoms with Crippen LogP contribution in [-0.4, -0.2) is 62.6 Å². The Morgan fingerprint density at radius 1 is 0.960 bits per heavy atom. The largest absolute Gasteiger partial charge is 0.495 e. The molecular weight excluding hydrogens is 316 g/mol. The highest BCUT2D eigenvalue weighted by Crippen LogP contribution is 2.28. The molecule has 0 aliphatic carbocycles. The third kappa shape index (κ3) is 4.87. The number of aliphatic hydroxyl groups is 1. The minimum atomic E-state index is -0.488. The zero-order valence-electron chi connectivity index (χ0n) is 14.7. The number of aliphatic hydroxyl groups excluding tert-OH is 1. The first-order chi connectivity index (χ1) is 12.3. The van der Waals surface area contributed by atoms with E-state index in [1.54, 1.807) is 7.11 Å². The lowest BCUT2D eigenvalue weighted by Gasteiger charge is -2.37. The molecule has 0 saturated carbocycles. The standard InChI is InChI=1S/C20H26N2O3/c1-24-20-10-6-5-9-19(20)22-13-11-21(12-14-22)15-17(23)16-25-18-7-3-2-4-8-18/h2-10,17,23H,11-16H2,1H3. The Balaban J connectivity index is 1.44. The molecular formula is C20H26N2O3. The molecule has 0 amide bonds. The quantitative estimate of drug-likeness (QED) is 0.836. The van der Waals surface area contributed by atoms with Crippen molar-refractivity contribution in [3.8, 4) is 11.5 Å². The van der Waals surface area contributed by atoms with Crippen LogP contribution in [0.2, 0.25) is 0 Å². The molecule has 0 bridgehead atoms. The summed E-state index contributed by atoms with van der Waals surface area (Å²) in [7, 11) is 1.71. The molecule has 3 rings (SSSR count). The lowest BCUT2D eigenvalue weighted by Crippen LogP contribution is -2.49. The molecule has 1 fully saturated rings. The van der Waals surface area contributed by atoms with E-state index < -0.39 is 6.10 Å². The maximum atomic E-state index is 10.2. The number of hydrogen-bond acceptors (Lipinski definition) is 5. The van der Waals surface area contributed by atoms with Crippen LogP contribution >= 0.6 is 0 Å². The van der Waals surface area contributed by atoms with Crippen molar-refractivity contribution in [3.63, 3.8) is 0 Å². The van der Waals surface area contributed by atoms with Crippen LogP contribution in [0.1, 0.15) is 0 Å². The topological polar surface area (TPSA) is 45.2 Å². The minimum absolute atomic E-state index is 0.316. The van der Waals surface area contributed by atoms with Gasteiger partial charge >= 0.3 is 0 Å². The number of β-amino-alcohol motifs (C(OH)–C–C–N with tert-alkyl or cyclic N) is 1. The van der Waals surface area contributed by atoms with Gasteiger partial charge in [-0.15, -0.1) is 0 Å². The first kappa shape index (κ1) is 17.6. The van der Waals surface area contributed by atoms with Crippen molar-refractivity contribution in [2.45, 2.75) is 6.10 Å². The predicted octanol–water partition coefficient (Wildman–Crippen LogP) is 2.26. The van der Waals surface area contributed by atoms with Crippen molar-refractivity contribution in [1.82, 2.24) is 4.90 Å². The second kappa shape index (κ2) is 8.74. The van der Waals surface area contributed by atoms with Crippen molar-refractivity contribution < 1.29 is 14.6 Å². The van der Waals surface area contributed by atoms with Gasteiger partial charge in [0.15, 0.2) is 0 Å². The summed E-state index contributed by atoms with van der Waals surface area (Å²) in [6.07, 6.45) is -0.488. The molecule has 1 N–H and O–H groups in total. The van der Waals surface area contributed by atoms with E-state index in [1.165, 1.54) is 0 Å². The van der Waals surface area contributed by atoms with Crippen molar-refractivity contribution >= 4 is 5.69 Å². The summed E-state index contributed by atoms with van der Waals surface area (Å²) < 4.78 is 11.1. The Morgan fingerprint density at radius 3 is 2.36 bits per heavy atom. The van der Waals surface area contributed by atoms with Crippen LogP contribution in [0.3, 0.4) is 0 Å². The second-order valence-electron chi connectivity index (χ2n) is 6.24. The average molecular weight is 342 g/mol. The smallest absolute Gasteiger partial charge is 0.142 e. The summed E-state index contributed by atoms with van der Waals surface area (Å²) in [6, 6.07) is 17.7. The number of benzene rings is 2. The fourth-order valence-corrected chi connectivity index (χ4v) is 3.12. The maximum absolute atomic E-state index is 10.2. The van der Waals surface area contributed by atoms with Crippen LogP contribution in [0.15, 0.2) is 54.6 Å². The summed E-state index contributed by atoms with van der Waals surface area (Å²) >= 11 is 0. The molecule has 0 aromatic heterocycles. The monoisotopic (exact) mass is 342 g/mol. The number of methoxy groups -OCH3 is 1. The Bertz CT molecular complexity index is 642. The highest BCUT2D eigenvalue weighted by molar-refractivity contribution is 5.58. The molecule has 1 atom stereocenters. The van der Waals surface area contributed by atoms with Gasteiger partial charge in [-0.25, -0.2) is 0 Å². The van der Waals surface area contributed by atoms with Crippen LogP contribution in [0, 0.1) is 0 Å². The Morgan fingerprint density at radius 2 is 1.64 bits per heavy atom. The average Bonchev–Trinajstić information content (AvgIpc) is 2.68. The first-order valence-electron chi connectivity index (χ1n) is 8.72. The van der Waals surface area contributed by atoms with Crippen LogP contribution < -0.4 is 14.4 Å². The third-order valence-electron chi connectivity index (χ3n) is 4.45. The number of para-hydroxylation sites is 3. The molecule has 1 heterocycles. The van der Waals surface area contributed by atoms with Crippen LogP contribution in [-0.2, 0) is 0 Å². The van der Waals surface area contributed by atoms with Gasteiger partial charge in [0.1, 0.15) is 24.2 Å². The van der Waals surface area contributed by atoms with E-state index in [-0.39, 0.29) is 0 Å². The molecule has 1 aliphatic heterocycles. The van der Waals surface area contributed by atoms with Gasteiger partial charge < -0.3 is 19.5 Å². The number of nitrogens with zero attached hydrogens (tertiary/aromatic N) is 2. The normalized spacial score (nSPS) is 16.5. The number of hydrogen-bond donors (Lipinski definition) is 1. The van der Waals surface area contributed by atoms with E-state index in [4.69, 9.17) is 9.47 Å². The lowest BCUT2D eigenvalue weighted by molar-refractivity contribution is 0.0663. The van der Waals surface area contributed by atoms with E-state index in [0.717, 1.165) is 43.4 Å². The Hall–Kier alpha value is -2.24. The molecule has 1 unspecified atom stereocenters.